The van der Waals surface area contributed by atoms with Gasteiger partial charge in [-0.15, -0.1) is 0 Å². The molecule has 0 radical (unpaired) electrons. The summed E-state index contributed by atoms with van der Waals surface area (Å²) in [5.74, 6) is 0.132. The molecule has 2 unspecified atom stereocenters. The van der Waals surface area contributed by atoms with Gasteiger partial charge in [-0.1, -0.05) is 13.0 Å². The van der Waals surface area contributed by atoms with Gasteiger partial charge in [-0.25, -0.2) is 4.39 Å². The van der Waals surface area contributed by atoms with Crippen LogP contribution in [0.5, 0.6) is 0 Å². The fourth-order valence-corrected chi connectivity index (χ4v) is 1.60. The molecule has 1 saturated heterocycles. The molecule has 0 aromatic carbocycles. The molecular formula is C11H18FNO. The highest BCUT2D eigenvalue weighted by molar-refractivity contribution is 5.89. The molecule has 0 aromatic rings. The van der Waals surface area contributed by atoms with Crippen LogP contribution in [0.1, 0.15) is 26.7 Å². The molecular weight excluding hydrogens is 181 g/mol. The molecule has 1 aliphatic rings. The third-order valence-corrected chi connectivity index (χ3v) is 2.65. The van der Waals surface area contributed by atoms with E-state index in [2.05, 4.69) is 4.90 Å². The van der Waals surface area contributed by atoms with Crippen molar-refractivity contribution < 1.29 is 9.18 Å². The van der Waals surface area contributed by atoms with E-state index in [1.54, 1.807) is 6.08 Å². The molecule has 0 spiro atoms. The molecule has 0 aliphatic carbocycles. The van der Waals surface area contributed by atoms with Crippen molar-refractivity contribution in [2.24, 2.45) is 0 Å². The van der Waals surface area contributed by atoms with Crippen molar-refractivity contribution in [1.82, 2.24) is 4.90 Å². The predicted octanol–water partition coefficient (Wildman–Crippen LogP) is 1.95. The van der Waals surface area contributed by atoms with Crippen molar-refractivity contribution in [3.05, 3.63) is 12.2 Å². The fraction of sp³-hybridized carbons (Fsp3) is 0.727. The Balaban J connectivity index is 2.38. The fourth-order valence-electron chi connectivity index (χ4n) is 1.60. The molecule has 1 fully saturated rings. The topological polar surface area (TPSA) is 20.3 Å². The Bertz CT molecular complexity index is 227. The standard InChI is InChI=1S/C11H18FNO/c1-3-11(14)5-4-9(2)13-7-6-10(12)8-13/h4-5,9-10H,3,6-8H2,1-2H3/b5-4+. The molecule has 0 saturated carbocycles. The molecule has 1 rings (SSSR count). The zero-order valence-corrected chi connectivity index (χ0v) is 8.87. The Morgan fingerprint density at radius 3 is 2.93 bits per heavy atom. The van der Waals surface area contributed by atoms with Crippen LogP contribution in [0.2, 0.25) is 0 Å². The second kappa shape index (κ2) is 5.25. The highest BCUT2D eigenvalue weighted by atomic mass is 19.1. The summed E-state index contributed by atoms with van der Waals surface area (Å²) in [6, 6.07) is 0.172. The van der Waals surface area contributed by atoms with E-state index in [0.29, 0.717) is 19.4 Å². The minimum Gasteiger partial charge on any atom is -0.295 e. The summed E-state index contributed by atoms with van der Waals surface area (Å²) in [5, 5.41) is 0. The summed E-state index contributed by atoms with van der Waals surface area (Å²) in [6.07, 6.45) is 3.95. The van der Waals surface area contributed by atoms with Gasteiger partial charge in [-0.05, 0) is 19.4 Å². The third kappa shape index (κ3) is 3.22. The average Bonchev–Trinajstić information content (AvgIpc) is 2.60. The van der Waals surface area contributed by atoms with Gasteiger partial charge in [-0.2, -0.15) is 0 Å². The monoisotopic (exact) mass is 199 g/mol. The summed E-state index contributed by atoms with van der Waals surface area (Å²) in [4.78, 5) is 13.1. The third-order valence-electron chi connectivity index (χ3n) is 2.65. The minimum atomic E-state index is -0.687. The lowest BCUT2D eigenvalue weighted by Gasteiger charge is -2.19. The van der Waals surface area contributed by atoms with Crippen LogP contribution in [0.25, 0.3) is 0 Å². The lowest BCUT2D eigenvalue weighted by Crippen LogP contribution is -2.29. The molecule has 0 bridgehead atoms. The van der Waals surface area contributed by atoms with Crippen molar-refractivity contribution in [1.29, 1.82) is 0 Å². The van der Waals surface area contributed by atoms with Gasteiger partial charge in [0.15, 0.2) is 5.78 Å². The van der Waals surface area contributed by atoms with E-state index in [4.69, 9.17) is 0 Å². The number of hydrogen-bond acceptors (Lipinski definition) is 2. The van der Waals surface area contributed by atoms with E-state index >= 15 is 0 Å². The second-order valence-electron chi connectivity index (χ2n) is 3.80. The number of hydrogen-bond donors (Lipinski definition) is 0. The maximum Gasteiger partial charge on any atom is 0.155 e. The summed E-state index contributed by atoms with van der Waals surface area (Å²) in [6.45, 7) is 5.14. The first-order valence-electron chi connectivity index (χ1n) is 5.22. The van der Waals surface area contributed by atoms with E-state index in [9.17, 15) is 9.18 Å². The summed E-state index contributed by atoms with van der Waals surface area (Å²) in [7, 11) is 0. The molecule has 2 atom stereocenters. The zero-order valence-electron chi connectivity index (χ0n) is 8.87. The first-order chi connectivity index (χ1) is 6.63. The first kappa shape index (κ1) is 11.4. The summed E-state index contributed by atoms with van der Waals surface area (Å²) in [5.41, 5.74) is 0. The molecule has 14 heavy (non-hydrogen) atoms. The Kier molecular flexibility index (Phi) is 4.26. The molecule has 80 valence electrons. The lowest BCUT2D eigenvalue weighted by atomic mass is 10.2. The van der Waals surface area contributed by atoms with Crippen LogP contribution in [0, 0.1) is 0 Å². The van der Waals surface area contributed by atoms with E-state index in [0.717, 1.165) is 6.54 Å². The normalized spacial score (nSPS) is 25.8. The Morgan fingerprint density at radius 2 is 2.43 bits per heavy atom. The van der Waals surface area contributed by atoms with Crippen LogP contribution >= 0.6 is 0 Å². The maximum absolute atomic E-state index is 12.9. The molecule has 0 amide bonds. The van der Waals surface area contributed by atoms with Crippen molar-refractivity contribution in [2.45, 2.75) is 38.9 Å². The van der Waals surface area contributed by atoms with Crippen molar-refractivity contribution in [3.8, 4) is 0 Å². The Hall–Kier alpha value is -0.700. The average molecular weight is 199 g/mol. The molecule has 3 heteroatoms. The first-order valence-corrected chi connectivity index (χ1v) is 5.22. The SMILES string of the molecule is CCC(=O)/C=C/C(C)N1CCC(F)C1. The van der Waals surface area contributed by atoms with Gasteiger partial charge >= 0.3 is 0 Å². The smallest absolute Gasteiger partial charge is 0.155 e. The molecule has 1 aliphatic heterocycles. The van der Waals surface area contributed by atoms with Gasteiger partial charge < -0.3 is 0 Å². The quantitative estimate of drug-likeness (QED) is 0.645. The minimum absolute atomic E-state index is 0.132. The number of nitrogens with zero attached hydrogens (tertiary/aromatic N) is 1. The van der Waals surface area contributed by atoms with Crippen LogP contribution in [-0.4, -0.2) is 36.0 Å². The Morgan fingerprint density at radius 1 is 1.71 bits per heavy atom. The van der Waals surface area contributed by atoms with Gasteiger partial charge in [0.25, 0.3) is 0 Å². The van der Waals surface area contributed by atoms with Gasteiger partial charge in [-0.3, -0.25) is 9.69 Å². The van der Waals surface area contributed by atoms with Crippen LogP contribution in [0.4, 0.5) is 4.39 Å². The number of allylic oxidation sites excluding steroid dienone is 1. The molecule has 2 nitrogen and oxygen atoms in total. The molecule has 1 heterocycles. The van der Waals surface area contributed by atoms with Crippen molar-refractivity contribution in [3.63, 3.8) is 0 Å². The molecule has 0 N–H and O–H groups in total. The number of carbonyl (C=O) groups excluding carboxylic acids is 1. The largest absolute Gasteiger partial charge is 0.295 e. The number of rotatable bonds is 4. The van der Waals surface area contributed by atoms with Gasteiger partial charge in [0.05, 0.1) is 0 Å². The number of likely N-dealkylation sites (tertiary alicyclic amines) is 1. The van der Waals surface area contributed by atoms with Crippen molar-refractivity contribution >= 4 is 5.78 Å². The van der Waals surface area contributed by atoms with E-state index < -0.39 is 6.17 Å². The Labute approximate surface area is 84.8 Å². The molecule has 0 aromatic heterocycles. The number of halogens is 1. The summed E-state index contributed by atoms with van der Waals surface area (Å²) >= 11 is 0. The van der Waals surface area contributed by atoms with E-state index in [-0.39, 0.29) is 11.8 Å². The van der Waals surface area contributed by atoms with Crippen LogP contribution in [-0.2, 0) is 4.79 Å². The van der Waals surface area contributed by atoms with Gasteiger partial charge in [0, 0.05) is 25.6 Å². The van der Waals surface area contributed by atoms with Gasteiger partial charge in [0.2, 0.25) is 0 Å². The summed E-state index contributed by atoms with van der Waals surface area (Å²) < 4.78 is 12.9. The van der Waals surface area contributed by atoms with E-state index in [1.807, 2.05) is 19.9 Å². The number of alkyl halides is 1. The van der Waals surface area contributed by atoms with Crippen LogP contribution in [0.15, 0.2) is 12.2 Å². The van der Waals surface area contributed by atoms with Crippen molar-refractivity contribution in [2.75, 3.05) is 13.1 Å². The van der Waals surface area contributed by atoms with Gasteiger partial charge in [0.1, 0.15) is 6.17 Å². The van der Waals surface area contributed by atoms with Crippen LogP contribution < -0.4 is 0 Å². The second-order valence-corrected chi connectivity index (χ2v) is 3.80. The number of ketones is 1. The number of carbonyl (C=O) groups is 1. The highest BCUT2D eigenvalue weighted by Gasteiger charge is 2.24. The highest BCUT2D eigenvalue weighted by Crippen LogP contribution is 2.15. The lowest BCUT2D eigenvalue weighted by molar-refractivity contribution is -0.114. The predicted molar refractivity (Wildman–Crippen MR) is 55.0 cm³/mol. The maximum atomic E-state index is 12.9. The zero-order chi connectivity index (χ0) is 10.6. The van der Waals surface area contributed by atoms with E-state index in [1.165, 1.54) is 0 Å². The van der Waals surface area contributed by atoms with Crippen LogP contribution in [0.3, 0.4) is 0 Å².